The number of nitrogen functional groups attached to an aromatic ring is 1. The lowest BCUT2D eigenvalue weighted by Crippen LogP contribution is -2.12. The summed E-state index contributed by atoms with van der Waals surface area (Å²) in [6, 6.07) is 6.09. The standard InChI is InChI=1S/C15H21N5/c1-2-11-8-9-13(10-14(11)16)20-15(17-18-19-20)12-6-4-3-5-7-12/h8-10,12H,2-7,16H2,1H3. The highest BCUT2D eigenvalue weighted by Gasteiger charge is 2.22. The Labute approximate surface area is 119 Å². The van der Waals surface area contributed by atoms with Crippen LogP contribution < -0.4 is 5.73 Å². The molecule has 1 heterocycles. The first-order valence-corrected chi connectivity index (χ1v) is 7.46. The first-order valence-electron chi connectivity index (χ1n) is 7.46. The molecule has 1 aliphatic carbocycles. The lowest BCUT2D eigenvalue weighted by molar-refractivity contribution is 0.422. The Morgan fingerprint density at radius 1 is 1.25 bits per heavy atom. The molecule has 5 nitrogen and oxygen atoms in total. The number of anilines is 1. The van der Waals surface area contributed by atoms with Crippen molar-refractivity contribution in [2.75, 3.05) is 5.73 Å². The minimum atomic E-state index is 0.478. The van der Waals surface area contributed by atoms with Crippen molar-refractivity contribution >= 4 is 5.69 Å². The van der Waals surface area contributed by atoms with E-state index < -0.39 is 0 Å². The van der Waals surface area contributed by atoms with Crippen molar-refractivity contribution in [1.29, 1.82) is 0 Å². The fourth-order valence-electron chi connectivity index (χ4n) is 3.03. The van der Waals surface area contributed by atoms with Crippen molar-refractivity contribution in [3.05, 3.63) is 29.6 Å². The van der Waals surface area contributed by atoms with Crippen molar-refractivity contribution in [1.82, 2.24) is 20.2 Å². The molecule has 1 fully saturated rings. The average Bonchev–Trinajstić information content (AvgIpc) is 2.97. The molecular weight excluding hydrogens is 250 g/mol. The van der Waals surface area contributed by atoms with Crippen LogP contribution in [0.2, 0.25) is 0 Å². The van der Waals surface area contributed by atoms with Crippen molar-refractivity contribution < 1.29 is 0 Å². The second-order valence-electron chi connectivity index (χ2n) is 5.52. The van der Waals surface area contributed by atoms with E-state index in [2.05, 4.69) is 34.6 Å². The Morgan fingerprint density at radius 3 is 2.75 bits per heavy atom. The molecule has 0 saturated heterocycles. The van der Waals surface area contributed by atoms with E-state index in [0.717, 1.165) is 23.6 Å². The van der Waals surface area contributed by atoms with Gasteiger partial charge in [-0.15, -0.1) is 5.10 Å². The summed E-state index contributed by atoms with van der Waals surface area (Å²) >= 11 is 0. The number of nitrogens with two attached hydrogens (primary N) is 1. The van der Waals surface area contributed by atoms with Gasteiger partial charge in [0.05, 0.1) is 5.69 Å². The summed E-state index contributed by atoms with van der Waals surface area (Å²) in [6.45, 7) is 2.11. The van der Waals surface area contributed by atoms with Crippen LogP contribution >= 0.6 is 0 Å². The fourth-order valence-corrected chi connectivity index (χ4v) is 3.03. The molecule has 3 rings (SSSR count). The number of aromatic nitrogens is 4. The van der Waals surface area contributed by atoms with E-state index >= 15 is 0 Å². The molecule has 0 bridgehead atoms. The number of hydrogen-bond acceptors (Lipinski definition) is 4. The first-order chi connectivity index (χ1) is 9.79. The van der Waals surface area contributed by atoms with Gasteiger partial charge in [0.15, 0.2) is 5.82 Å². The maximum atomic E-state index is 6.08. The van der Waals surface area contributed by atoms with Gasteiger partial charge in [-0.05, 0) is 47.4 Å². The number of nitrogens with zero attached hydrogens (tertiary/aromatic N) is 4. The van der Waals surface area contributed by atoms with E-state index in [1.54, 1.807) is 0 Å². The number of hydrogen-bond donors (Lipinski definition) is 1. The van der Waals surface area contributed by atoms with Crippen LogP contribution in [0.15, 0.2) is 18.2 Å². The molecule has 0 aliphatic heterocycles. The Kier molecular flexibility index (Phi) is 3.67. The van der Waals surface area contributed by atoms with E-state index in [1.807, 2.05) is 10.7 Å². The molecule has 1 aromatic carbocycles. The Bertz CT molecular complexity index is 584. The normalized spacial score (nSPS) is 16.4. The third kappa shape index (κ3) is 2.40. The minimum absolute atomic E-state index is 0.478. The molecule has 0 amide bonds. The fraction of sp³-hybridized carbons (Fsp3) is 0.533. The summed E-state index contributed by atoms with van der Waals surface area (Å²) in [4.78, 5) is 0. The van der Waals surface area contributed by atoms with Crippen LogP contribution in [0, 0.1) is 0 Å². The van der Waals surface area contributed by atoms with Crippen molar-refractivity contribution in [2.24, 2.45) is 0 Å². The van der Waals surface area contributed by atoms with Gasteiger partial charge in [0, 0.05) is 11.6 Å². The van der Waals surface area contributed by atoms with Crippen LogP contribution in [0.5, 0.6) is 0 Å². The summed E-state index contributed by atoms with van der Waals surface area (Å²) in [5, 5.41) is 12.3. The van der Waals surface area contributed by atoms with E-state index in [9.17, 15) is 0 Å². The van der Waals surface area contributed by atoms with Gasteiger partial charge in [-0.25, -0.2) is 0 Å². The van der Waals surface area contributed by atoms with Gasteiger partial charge in [0.1, 0.15) is 0 Å². The molecular formula is C15H21N5. The van der Waals surface area contributed by atoms with E-state index in [0.29, 0.717) is 5.92 Å². The Hall–Kier alpha value is -1.91. The van der Waals surface area contributed by atoms with Crippen LogP contribution in [0.3, 0.4) is 0 Å². The molecule has 0 radical (unpaired) electrons. The third-order valence-corrected chi connectivity index (χ3v) is 4.22. The number of tetrazole rings is 1. The molecule has 2 N–H and O–H groups in total. The lowest BCUT2D eigenvalue weighted by atomic mass is 9.88. The van der Waals surface area contributed by atoms with E-state index in [4.69, 9.17) is 5.73 Å². The summed E-state index contributed by atoms with van der Waals surface area (Å²) in [5.74, 6) is 1.46. The molecule has 20 heavy (non-hydrogen) atoms. The zero-order chi connectivity index (χ0) is 13.9. The number of benzene rings is 1. The summed E-state index contributed by atoms with van der Waals surface area (Å²) < 4.78 is 1.85. The third-order valence-electron chi connectivity index (χ3n) is 4.22. The second kappa shape index (κ2) is 5.61. The number of rotatable bonds is 3. The van der Waals surface area contributed by atoms with Crippen molar-refractivity contribution in [3.63, 3.8) is 0 Å². The predicted molar refractivity (Wildman–Crippen MR) is 78.8 cm³/mol. The zero-order valence-corrected chi connectivity index (χ0v) is 11.9. The second-order valence-corrected chi connectivity index (χ2v) is 5.52. The SMILES string of the molecule is CCc1ccc(-n2nnnc2C2CCCCC2)cc1N. The van der Waals surface area contributed by atoms with Crippen LogP contribution in [-0.4, -0.2) is 20.2 Å². The van der Waals surface area contributed by atoms with Crippen LogP contribution in [-0.2, 0) is 6.42 Å². The Balaban J connectivity index is 1.94. The summed E-state index contributed by atoms with van der Waals surface area (Å²) in [6.07, 6.45) is 7.18. The van der Waals surface area contributed by atoms with Gasteiger partial charge in [0.25, 0.3) is 0 Å². The molecule has 106 valence electrons. The van der Waals surface area contributed by atoms with E-state index in [-0.39, 0.29) is 0 Å². The number of aryl methyl sites for hydroxylation is 1. The van der Waals surface area contributed by atoms with Crippen LogP contribution in [0.25, 0.3) is 5.69 Å². The highest BCUT2D eigenvalue weighted by atomic mass is 15.5. The van der Waals surface area contributed by atoms with E-state index in [1.165, 1.54) is 37.7 Å². The van der Waals surface area contributed by atoms with Gasteiger partial charge < -0.3 is 5.73 Å². The molecule has 5 heteroatoms. The molecule has 0 spiro atoms. The van der Waals surface area contributed by atoms with Crippen molar-refractivity contribution in [2.45, 2.75) is 51.4 Å². The van der Waals surface area contributed by atoms with Crippen molar-refractivity contribution in [3.8, 4) is 5.69 Å². The monoisotopic (exact) mass is 271 g/mol. The zero-order valence-electron chi connectivity index (χ0n) is 11.9. The molecule has 2 aromatic rings. The quantitative estimate of drug-likeness (QED) is 0.871. The van der Waals surface area contributed by atoms with Gasteiger partial charge in [-0.1, -0.05) is 32.3 Å². The predicted octanol–water partition coefficient (Wildman–Crippen LogP) is 2.85. The summed E-state index contributed by atoms with van der Waals surface area (Å²) in [7, 11) is 0. The van der Waals surface area contributed by atoms with Gasteiger partial charge in [-0.3, -0.25) is 0 Å². The lowest BCUT2D eigenvalue weighted by Gasteiger charge is -2.20. The summed E-state index contributed by atoms with van der Waals surface area (Å²) in [5.41, 5.74) is 9.03. The topological polar surface area (TPSA) is 69.6 Å². The highest BCUT2D eigenvalue weighted by molar-refractivity contribution is 5.53. The average molecular weight is 271 g/mol. The maximum absolute atomic E-state index is 6.08. The molecule has 1 aromatic heterocycles. The van der Waals surface area contributed by atoms with Gasteiger partial charge >= 0.3 is 0 Å². The Morgan fingerprint density at radius 2 is 2.05 bits per heavy atom. The minimum Gasteiger partial charge on any atom is -0.398 e. The van der Waals surface area contributed by atoms with Gasteiger partial charge in [0.2, 0.25) is 0 Å². The smallest absolute Gasteiger partial charge is 0.159 e. The largest absolute Gasteiger partial charge is 0.398 e. The van der Waals surface area contributed by atoms with Crippen LogP contribution in [0.1, 0.15) is 56.3 Å². The molecule has 1 saturated carbocycles. The first kappa shape index (κ1) is 13.1. The molecule has 0 atom stereocenters. The van der Waals surface area contributed by atoms with Gasteiger partial charge in [-0.2, -0.15) is 4.68 Å². The molecule has 0 unspecified atom stereocenters. The molecule has 1 aliphatic rings. The maximum Gasteiger partial charge on any atom is 0.159 e. The highest BCUT2D eigenvalue weighted by Crippen LogP contribution is 2.32. The van der Waals surface area contributed by atoms with Crippen LogP contribution in [0.4, 0.5) is 5.69 Å².